The first-order valence-electron chi connectivity index (χ1n) is 5.62. The smallest absolute Gasteiger partial charge is 0.338 e. The second-order valence-electron chi connectivity index (χ2n) is 3.50. The zero-order chi connectivity index (χ0) is 11.7. The predicted octanol–water partition coefficient (Wildman–Crippen LogP) is 4.26. The second-order valence-corrected chi connectivity index (χ2v) is 8.46. The Kier molecular flexibility index (Phi) is 9.53. The minimum atomic E-state index is -2.02. The summed E-state index contributed by atoms with van der Waals surface area (Å²) in [4.78, 5) is 0. The normalized spacial score (nSPS) is 17.4. The number of rotatable bonds is 9. The number of hydrogen-bond donors (Lipinski definition) is 0. The molecular weight excluding hydrogens is 296 g/mol. The Balaban J connectivity index is 4.22. The van der Waals surface area contributed by atoms with Crippen LogP contribution in [0.3, 0.4) is 0 Å². The van der Waals surface area contributed by atoms with Crippen LogP contribution in [0.25, 0.3) is 0 Å². The zero-order valence-electron chi connectivity index (χ0n) is 9.89. The van der Waals surface area contributed by atoms with Gasteiger partial charge in [0.05, 0.1) is 0 Å². The zero-order valence-corrected chi connectivity index (χ0v) is 13.2. The van der Waals surface area contributed by atoms with E-state index in [0.29, 0.717) is 0 Å². The molecule has 0 fully saturated rings. The number of unbranched alkanes of at least 4 members (excludes halogenated alkanes) is 1. The summed E-state index contributed by atoms with van der Waals surface area (Å²) in [5, 5.41) is 1.05. The molecule has 0 saturated heterocycles. The summed E-state index contributed by atoms with van der Waals surface area (Å²) in [5.74, 6) is 0. The summed E-state index contributed by atoms with van der Waals surface area (Å²) < 4.78 is 11.7. The van der Waals surface area contributed by atoms with Crippen LogP contribution in [0.15, 0.2) is 0 Å². The molecule has 15 heavy (non-hydrogen) atoms. The van der Waals surface area contributed by atoms with Gasteiger partial charge < -0.3 is 8.85 Å². The molecule has 0 radical (unpaired) electrons. The monoisotopic (exact) mass is 316 g/mol. The molecule has 0 rings (SSSR count). The lowest BCUT2D eigenvalue weighted by atomic mass is 10.4. The van der Waals surface area contributed by atoms with Gasteiger partial charge in [-0.15, -0.1) is 0 Å². The molecule has 2 nitrogen and oxygen atoms in total. The highest BCUT2D eigenvalue weighted by Crippen LogP contribution is 2.24. The predicted molar refractivity (Wildman–Crippen MR) is 72.1 cm³/mol. The Morgan fingerprint density at radius 2 is 2.00 bits per heavy atom. The van der Waals surface area contributed by atoms with Gasteiger partial charge in [0.25, 0.3) is 0 Å². The van der Waals surface area contributed by atoms with E-state index in [9.17, 15) is 0 Å². The van der Waals surface area contributed by atoms with Crippen molar-refractivity contribution in [3.05, 3.63) is 0 Å². The fourth-order valence-corrected chi connectivity index (χ4v) is 5.42. The van der Waals surface area contributed by atoms with Gasteiger partial charge in [0, 0.05) is 11.9 Å². The van der Waals surface area contributed by atoms with E-state index in [4.69, 9.17) is 20.5 Å². The van der Waals surface area contributed by atoms with Crippen molar-refractivity contribution in [2.24, 2.45) is 0 Å². The van der Waals surface area contributed by atoms with Crippen molar-refractivity contribution in [3.8, 4) is 0 Å². The lowest BCUT2D eigenvalue weighted by Gasteiger charge is -2.30. The van der Waals surface area contributed by atoms with E-state index >= 15 is 0 Å². The first-order valence-corrected chi connectivity index (χ1v) is 9.41. The topological polar surface area (TPSA) is 18.5 Å². The highest BCUT2D eigenvalue weighted by atomic mass is 79.9. The van der Waals surface area contributed by atoms with Gasteiger partial charge in [0.15, 0.2) is 0 Å². The Labute approximate surface area is 108 Å². The van der Waals surface area contributed by atoms with Crippen molar-refractivity contribution in [1.82, 2.24) is 0 Å². The SMILES string of the molecule is CCO[Si](CC)(CCCCBr)OC(C)Cl. The van der Waals surface area contributed by atoms with Crippen LogP contribution in [-0.4, -0.2) is 26.1 Å². The van der Waals surface area contributed by atoms with Crippen LogP contribution in [-0.2, 0) is 8.85 Å². The molecule has 0 aromatic carbocycles. The van der Waals surface area contributed by atoms with Crippen LogP contribution in [0, 0.1) is 0 Å². The summed E-state index contributed by atoms with van der Waals surface area (Å²) in [7, 11) is -2.02. The second kappa shape index (κ2) is 8.99. The minimum Gasteiger partial charge on any atom is -0.394 e. The van der Waals surface area contributed by atoms with Crippen molar-refractivity contribution < 1.29 is 8.85 Å². The Morgan fingerprint density at radius 3 is 2.40 bits per heavy atom. The molecular formula is C10H22BrClO2Si. The Bertz CT molecular complexity index is 160. The highest BCUT2D eigenvalue weighted by molar-refractivity contribution is 9.09. The van der Waals surface area contributed by atoms with Gasteiger partial charge in [0.1, 0.15) is 5.56 Å². The quantitative estimate of drug-likeness (QED) is 0.359. The lowest BCUT2D eigenvalue weighted by Crippen LogP contribution is -2.43. The Hall–Kier alpha value is 0.907. The number of alkyl halides is 2. The fraction of sp³-hybridized carbons (Fsp3) is 1.00. The van der Waals surface area contributed by atoms with Crippen LogP contribution in [0.1, 0.15) is 33.6 Å². The lowest BCUT2D eigenvalue weighted by molar-refractivity contribution is 0.165. The van der Waals surface area contributed by atoms with Crippen molar-refractivity contribution in [3.63, 3.8) is 0 Å². The van der Waals surface area contributed by atoms with Crippen LogP contribution >= 0.6 is 27.5 Å². The molecule has 0 N–H and O–H groups in total. The minimum absolute atomic E-state index is 0.243. The molecule has 0 heterocycles. The van der Waals surface area contributed by atoms with Crippen molar-refractivity contribution in [2.45, 2.75) is 51.3 Å². The summed E-state index contributed by atoms with van der Waals surface area (Å²) in [6.45, 7) is 6.74. The third kappa shape index (κ3) is 6.95. The first kappa shape index (κ1) is 15.9. The molecule has 0 aromatic heterocycles. The van der Waals surface area contributed by atoms with Crippen LogP contribution in [0.4, 0.5) is 0 Å². The molecule has 2 atom stereocenters. The molecule has 92 valence electrons. The number of halogens is 2. The van der Waals surface area contributed by atoms with E-state index in [1.807, 2.05) is 13.8 Å². The van der Waals surface area contributed by atoms with Gasteiger partial charge >= 0.3 is 8.56 Å². The van der Waals surface area contributed by atoms with E-state index in [0.717, 1.165) is 30.4 Å². The number of hydrogen-bond acceptors (Lipinski definition) is 2. The third-order valence-electron chi connectivity index (χ3n) is 2.26. The summed E-state index contributed by atoms with van der Waals surface area (Å²) in [5.41, 5.74) is -0.243. The van der Waals surface area contributed by atoms with E-state index in [1.165, 1.54) is 6.42 Å². The van der Waals surface area contributed by atoms with E-state index in [1.54, 1.807) is 0 Å². The average molecular weight is 318 g/mol. The van der Waals surface area contributed by atoms with Crippen molar-refractivity contribution >= 4 is 36.1 Å². The van der Waals surface area contributed by atoms with Crippen LogP contribution < -0.4 is 0 Å². The van der Waals surface area contributed by atoms with Gasteiger partial charge in [-0.25, -0.2) is 0 Å². The van der Waals surface area contributed by atoms with Crippen LogP contribution in [0.2, 0.25) is 12.1 Å². The largest absolute Gasteiger partial charge is 0.394 e. The maximum absolute atomic E-state index is 5.91. The summed E-state index contributed by atoms with van der Waals surface area (Å²) in [6, 6.07) is 2.01. The van der Waals surface area contributed by atoms with E-state index < -0.39 is 8.56 Å². The molecule has 0 aliphatic carbocycles. The maximum atomic E-state index is 5.91. The summed E-state index contributed by atoms with van der Waals surface area (Å²) >= 11 is 9.35. The molecule has 5 heteroatoms. The van der Waals surface area contributed by atoms with E-state index in [2.05, 4.69) is 22.9 Å². The van der Waals surface area contributed by atoms with Gasteiger partial charge in [0.2, 0.25) is 0 Å². The first-order chi connectivity index (χ1) is 7.10. The van der Waals surface area contributed by atoms with Gasteiger partial charge in [-0.05, 0) is 32.4 Å². The van der Waals surface area contributed by atoms with Gasteiger partial charge in [-0.2, -0.15) is 0 Å². The van der Waals surface area contributed by atoms with Crippen molar-refractivity contribution in [2.75, 3.05) is 11.9 Å². The van der Waals surface area contributed by atoms with Crippen LogP contribution in [0.5, 0.6) is 0 Å². The fourth-order valence-electron chi connectivity index (χ4n) is 1.58. The summed E-state index contributed by atoms with van der Waals surface area (Å²) in [6.07, 6.45) is 2.32. The maximum Gasteiger partial charge on any atom is 0.338 e. The Morgan fingerprint density at radius 1 is 1.33 bits per heavy atom. The average Bonchev–Trinajstić information content (AvgIpc) is 2.17. The molecule has 0 aromatic rings. The standard InChI is InChI=1S/C10H22BrClO2Si/c1-4-13-15(5-2,14-10(3)12)9-7-6-8-11/h10H,4-9H2,1-3H3. The molecule has 0 aliphatic heterocycles. The molecule has 0 bridgehead atoms. The van der Waals surface area contributed by atoms with Gasteiger partial charge in [-0.1, -0.05) is 40.9 Å². The molecule has 0 amide bonds. The van der Waals surface area contributed by atoms with Crippen molar-refractivity contribution in [1.29, 1.82) is 0 Å². The molecule has 0 spiro atoms. The molecule has 0 saturated carbocycles. The third-order valence-corrected chi connectivity index (χ3v) is 6.85. The molecule has 0 aliphatic rings. The molecule has 2 unspecified atom stereocenters. The highest BCUT2D eigenvalue weighted by Gasteiger charge is 2.36. The van der Waals surface area contributed by atoms with E-state index in [-0.39, 0.29) is 5.56 Å². The van der Waals surface area contributed by atoms with Gasteiger partial charge in [-0.3, -0.25) is 0 Å².